The first-order valence-corrected chi connectivity index (χ1v) is 5.50. The maximum absolute atomic E-state index is 11.9. The van der Waals surface area contributed by atoms with Gasteiger partial charge in [0.15, 0.2) is 0 Å². The van der Waals surface area contributed by atoms with Crippen molar-refractivity contribution in [1.29, 1.82) is 0 Å². The van der Waals surface area contributed by atoms with Crippen LogP contribution in [0.25, 0.3) is 0 Å². The highest BCUT2D eigenvalue weighted by atomic mass is 16.6. The van der Waals surface area contributed by atoms with Gasteiger partial charge >= 0.3 is 5.97 Å². The number of nitrogens with zero attached hydrogens (tertiary/aromatic N) is 1. The number of allylic oxidation sites excluding steroid dienone is 1. The number of rotatable bonds is 1. The number of ether oxygens (including phenoxy) is 1. The molecule has 90 valence electrons. The van der Waals surface area contributed by atoms with Crippen LogP contribution < -0.4 is 0 Å². The third-order valence-corrected chi connectivity index (χ3v) is 2.25. The Labute approximate surface area is 96.3 Å². The first-order chi connectivity index (χ1) is 7.31. The standard InChI is InChI=1S/C12H19NO3/c1-9(14)13-8-6-5-7-10(13)11(15)16-12(2,3)4/h6,8,10H,5,7H2,1-4H3/t10-/m0/s1. The summed E-state index contributed by atoms with van der Waals surface area (Å²) in [5.74, 6) is -0.459. The predicted octanol–water partition coefficient (Wildman–Crippen LogP) is 1.85. The lowest BCUT2D eigenvalue weighted by Crippen LogP contribution is -2.45. The lowest BCUT2D eigenvalue weighted by Gasteiger charge is -2.31. The van der Waals surface area contributed by atoms with Crippen molar-refractivity contribution in [2.24, 2.45) is 0 Å². The summed E-state index contributed by atoms with van der Waals surface area (Å²) in [5, 5.41) is 0. The molecule has 0 unspecified atom stereocenters. The molecule has 16 heavy (non-hydrogen) atoms. The van der Waals surface area contributed by atoms with Gasteiger partial charge in [0.1, 0.15) is 11.6 Å². The van der Waals surface area contributed by atoms with E-state index < -0.39 is 11.6 Å². The molecule has 1 amide bonds. The Kier molecular flexibility index (Phi) is 3.73. The second-order valence-corrected chi connectivity index (χ2v) is 4.94. The van der Waals surface area contributed by atoms with E-state index in [0.29, 0.717) is 6.42 Å². The monoisotopic (exact) mass is 225 g/mol. The molecule has 0 saturated heterocycles. The lowest BCUT2D eigenvalue weighted by atomic mass is 10.1. The van der Waals surface area contributed by atoms with Gasteiger partial charge in [-0.15, -0.1) is 0 Å². The minimum absolute atomic E-state index is 0.133. The molecular weight excluding hydrogens is 206 g/mol. The minimum Gasteiger partial charge on any atom is -0.458 e. The summed E-state index contributed by atoms with van der Waals surface area (Å²) in [7, 11) is 0. The fraction of sp³-hybridized carbons (Fsp3) is 0.667. The summed E-state index contributed by atoms with van der Waals surface area (Å²) in [6.45, 7) is 6.91. The van der Waals surface area contributed by atoms with Gasteiger partial charge in [-0.25, -0.2) is 4.79 Å². The molecule has 4 nitrogen and oxygen atoms in total. The van der Waals surface area contributed by atoms with E-state index in [4.69, 9.17) is 4.74 Å². The molecule has 0 bridgehead atoms. The second kappa shape index (κ2) is 4.68. The molecule has 1 rings (SSSR count). The Balaban J connectivity index is 2.74. The molecule has 0 aromatic rings. The minimum atomic E-state index is -0.513. The van der Waals surface area contributed by atoms with E-state index in [-0.39, 0.29) is 11.9 Å². The van der Waals surface area contributed by atoms with Crippen LogP contribution >= 0.6 is 0 Å². The molecule has 0 spiro atoms. The Morgan fingerprint density at radius 3 is 2.50 bits per heavy atom. The van der Waals surface area contributed by atoms with Crippen LogP contribution in [0.1, 0.15) is 40.5 Å². The molecular formula is C12H19NO3. The van der Waals surface area contributed by atoms with E-state index in [1.165, 1.54) is 11.8 Å². The second-order valence-electron chi connectivity index (χ2n) is 4.94. The van der Waals surface area contributed by atoms with Gasteiger partial charge in [0.25, 0.3) is 0 Å². The fourth-order valence-corrected chi connectivity index (χ4v) is 1.61. The zero-order valence-corrected chi connectivity index (χ0v) is 10.3. The van der Waals surface area contributed by atoms with Crippen molar-refractivity contribution in [2.45, 2.75) is 52.2 Å². The van der Waals surface area contributed by atoms with Crippen LogP contribution in [-0.2, 0) is 14.3 Å². The molecule has 0 fully saturated rings. The van der Waals surface area contributed by atoms with Crippen molar-refractivity contribution in [3.8, 4) is 0 Å². The lowest BCUT2D eigenvalue weighted by molar-refractivity contribution is -0.163. The predicted molar refractivity (Wildman–Crippen MR) is 60.5 cm³/mol. The molecule has 1 atom stereocenters. The van der Waals surface area contributed by atoms with E-state index in [1.54, 1.807) is 6.20 Å². The molecule has 0 aromatic heterocycles. The van der Waals surface area contributed by atoms with Crippen LogP contribution in [-0.4, -0.2) is 28.4 Å². The SMILES string of the molecule is CC(=O)N1C=CCC[C@H]1C(=O)OC(C)(C)C. The van der Waals surface area contributed by atoms with Crippen LogP contribution in [0.5, 0.6) is 0 Å². The van der Waals surface area contributed by atoms with Gasteiger partial charge in [0, 0.05) is 13.1 Å². The fourth-order valence-electron chi connectivity index (χ4n) is 1.61. The molecule has 0 saturated carbocycles. The Bertz CT molecular complexity index is 315. The maximum Gasteiger partial charge on any atom is 0.329 e. The number of carbonyl (C=O) groups is 2. The van der Waals surface area contributed by atoms with Gasteiger partial charge in [0.05, 0.1) is 0 Å². The van der Waals surface area contributed by atoms with E-state index in [1.807, 2.05) is 26.8 Å². The molecule has 0 aromatic carbocycles. The Morgan fingerprint density at radius 2 is 2.00 bits per heavy atom. The van der Waals surface area contributed by atoms with E-state index >= 15 is 0 Å². The summed E-state index contributed by atoms with van der Waals surface area (Å²) in [6, 6.07) is -0.471. The highest BCUT2D eigenvalue weighted by Gasteiger charge is 2.31. The summed E-state index contributed by atoms with van der Waals surface area (Å²) >= 11 is 0. The molecule has 1 aliphatic heterocycles. The highest BCUT2D eigenvalue weighted by molar-refractivity contribution is 5.84. The average molecular weight is 225 g/mol. The molecule has 0 N–H and O–H groups in total. The number of esters is 1. The third kappa shape index (κ3) is 3.36. The van der Waals surface area contributed by atoms with Gasteiger partial charge < -0.3 is 9.64 Å². The summed E-state index contributed by atoms with van der Waals surface area (Å²) in [4.78, 5) is 24.7. The first-order valence-electron chi connectivity index (χ1n) is 5.50. The van der Waals surface area contributed by atoms with Crippen LogP contribution in [0.4, 0.5) is 0 Å². The summed E-state index contributed by atoms with van der Waals surface area (Å²) in [6.07, 6.45) is 4.99. The smallest absolute Gasteiger partial charge is 0.329 e. The van der Waals surface area contributed by atoms with Crippen molar-refractivity contribution in [2.75, 3.05) is 0 Å². The zero-order chi connectivity index (χ0) is 12.3. The Morgan fingerprint density at radius 1 is 1.38 bits per heavy atom. The van der Waals surface area contributed by atoms with Crippen LogP contribution in [0.2, 0.25) is 0 Å². The molecule has 1 aliphatic rings. The van der Waals surface area contributed by atoms with Crippen LogP contribution in [0.3, 0.4) is 0 Å². The number of hydrogen-bond acceptors (Lipinski definition) is 3. The first kappa shape index (κ1) is 12.7. The van der Waals surface area contributed by atoms with E-state index in [0.717, 1.165) is 6.42 Å². The number of amides is 1. The topological polar surface area (TPSA) is 46.6 Å². The van der Waals surface area contributed by atoms with Crippen LogP contribution in [0, 0.1) is 0 Å². The normalized spacial score (nSPS) is 20.8. The van der Waals surface area contributed by atoms with Gasteiger partial charge in [-0.2, -0.15) is 0 Å². The van der Waals surface area contributed by atoms with Crippen molar-refractivity contribution >= 4 is 11.9 Å². The van der Waals surface area contributed by atoms with Crippen molar-refractivity contribution in [1.82, 2.24) is 4.90 Å². The van der Waals surface area contributed by atoms with Gasteiger partial charge in [-0.3, -0.25) is 4.79 Å². The van der Waals surface area contributed by atoms with Gasteiger partial charge in [-0.1, -0.05) is 6.08 Å². The summed E-state index contributed by atoms with van der Waals surface area (Å²) < 4.78 is 5.29. The summed E-state index contributed by atoms with van der Waals surface area (Å²) in [5.41, 5.74) is -0.513. The molecule has 0 aliphatic carbocycles. The zero-order valence-electron chi connectivity index (χ0n) is 10.3. The molecule has 0 radical (unpaired) electrons. The van der Waals surface area contributed by atoms with Gasteiger partial charge in [-0.05, 0) is 33.6 Å². The van der Waals surface area contributed by atoms with Crippen molar-refractivity contribution < 1.29 is 14.3 Å². The molecule has 1 heterocycles. The quantitative estimate of drug-likeness (QED) is 0.640. The van der Waals surface area contributed by atoms with Crippen molar-refractivity contribution in [3.63, 3.8) is 0 Å². The van der Waals surface area contributed by atoms with Gasteiger partial charge in [0.2, 0.25) is 5.91 Å². The van der Waals surface area contributed by atoms with E-state index in [9.17, 15) is 9.59 Å². The van der Waals surface area contributed by atoms with E-state index in [2.05, 4.69) is 0 Å². The highest BCUT2D eigenvalue weighted by Crippen LogP contribution is 2.19. The van der Waals surface area contributed by atoms with Crippen LogP contribution in [0.15, 0.2) is 12.3 Å². The van der Waals surface area contributed by atoms with Crippen molar-refractivity contribution in [3.05, 3.63) is 12.3 Å². The maximum atomic E-state index is 11.9. The largest absolute Gasteiger partial charge is 0.458 e. The Hall–Kier alpha value is -1.32. The third-order valence-electron chi connectivity index (χ3n) is 2.25. The average Bonchev–Trinajstić information content (AvgIpc) is 2.15. The number of hydrogen-bond donors (Lipinski definition) is 0. The number of carbonyl (C=O) groups excluding carboxylic acids is 2. The molecule has 4 heteroatoms.